The van der Waals surface area contributed by atoms with Crippen molar-refractivity contribution in [3.05, 3.63) is 91.5 Å². The van der Waals surface area contributed by atoms with Crippen molar-refractivity contribution in [2.45, 2.75) is 78.3 Å². The lowest BCUT2D eigenvalue weighted by Gasteiger charge is -2.34. The summed E-state index contributed by atoms with van der Waals surface area (Å²) in [6.07, 6.45) is -7.34. The SMILES string of the molecule is CCC1=C(C)C2=NC1=CC1=C(C)C3=C(O)CC(=C4NC(=CC5=NC(=C2)C(C(O)(C(F)(F)F)C(F)(F)F)=C5C)[C@@H](C)[C@@H]4CCC(=O)OC)C3=N1. The zero-order valence-electron chi connectivity index (χ0n) is 27.5. The van der Waals surface area contributed by atoms with Gasteiger partial charge < -0.3 is 20.3 Å². The number of aliphatic hydroxyl groups excluding tert-OH is 1. The van der Waals surface area contributed by atoms with Crippen LogP contribution in [0.1, 0.15) is 60.3 Å². The van der Waals surface area contributed by atoms with E-state index in [0.717, 1.165) is 13.0 Å². The molecule has 49 heavy (non-hydrogen) atoms. The molecule has 8 nitrogen and oxygen atoms in total. The highest BCUT2D eigenvalue weighted by atomic mass is 19.4. The van der Waals surface area contributed by atoms with E-state index in [-0.39, 0.29) is 36.4 Å². The van der Waals surface area contributed by atoms with Gasteiger partial charge in [-0.05, 0) is 74.1 Å². The van der Waals surface area contributed by atoms with E-state index in [1.807, 2.05) is 13.8 Å². The lowest BCUT2D eigenvalue weighted by Crippen LogP contribution is -2.58. The number of methoxy groups -OCH3 is 1. The Balaban J connectivity index is 1.66. The minimum absolute atomic E-state index is 0.0251. The van der Waals surface area contributed by atoms with Crippen molar-refractivity contribution in [3.63, 3.8) is 0 Å². The van der Waals surface area contributed by atoms with Crippen LogP contribution < -0.4 is 5.32 Å². The number of aliphatic hydroxyl groups is 2. The fourth-order valence-electron chi connectivity index (χ4n) is 7.38. The molecule has 6 rings (SSSR count). The van der Waals surface area contributed by atoms with E-state index in [1.165, 1.54) is 13.2 Å². The number of rotatable bonds is 5. The number of halogens is 6. The van der Waals surface area contributed by atoms with Gasteiger partial charge in [-0.25, -0.2) is 15.0 Å². The number of nitrogens with zero attached hydrogens (tertiary/aromatic N) is 3. The molecule has 2 atom stereocenters. The summed E-state index contributed by atoms with van der Waals surface area (Å²) in [6.45, 7) is 8.17. The van der Waals surface area contributed by atoms with Gasteiger partial charge in [0, 0.05) is 52.8 Å². The summed E-state index contributed by atoms with van der Waals surface area (Å²) in [4.78, 5) is 26.0. The number of hydrogen-bond acceptors (Lipinski definition) is 8. The molecule has 5 heterocycles. The van der Waals surface area contributed by atoms with Gasteiger partial charge in [-0.2, -0.15) is 26.3 Å². The molecular formula is C35H34F6N4O4. The zero-order chi connectivity index (χ0) is 36.0. The highest BCUT2D eigenvalue weighted by molar-refractivity contribution is 6.21. The number of hydrogen-bond donors (Lipinski definition) is 3. The van der Waals surface area contributed by atoms with E-state index in [1.54, 1.807) is 19.9 Å². The van der Waals surface area contributed by atoms with Gasteiger partial charge in [0.05, 0.1) is 41.3 Å². The van der Waals surface area contributed by atoms with Gasteiger partial charge in [0.15, 0.2) is 0 Å². The van der Waals surface area contributed by atoms with Crippen molar-refractivity contribution in [2.24, 2.45) is 26.8 Å². The first-order valence-corrected chi connectivity index (χ1v) is 15.7. The highest BCUT2D eigenvalue weighted by Crippen LogP contribution is 2.53. The molecule has 0 aromatic rings. The fraction of sp³-hybridized carbons (Fsp3) is 0.429. The van der Waals surface area contributed by atoms with Gasteiger partial charge in [-0.15, -0.1) is 0 Å². The highest BCUT2D eigenvalue weighted by Gasteiger charge is 2.73. The summed E-state index contributed by atoms with van der Waals surface area (Å²) >= 11 is 0. The van der Waals surface area contributed by atoms with E-state index in [4.69, 9.17) is 9.73 Å². The van der Waals surface area contributed by atoms with Crippen LogP contribution in [0.4, 0.5) is 26.3 Å². The van der Waals surface area contributed by atoms with Gasteiger partial charge in [0.2, 0.25) is 0 Å². The quantitative estimate of drug-likeness (QED) is 0.205. The minimum atomic E-state index is -6.15. The number of nitrogens with one attached hydrogen (secondary N) is 1. The summed E-state index contributed by atoms with van der Waals surface area (Å²) in [5.74, 6) is -1.19. The van der Waals surface area contributed by atoms with E-state index in [0.29, 0.717) is 62.8 Å². The second kappa shape index (κ2) is 11.6. The van der Waals surface area contributed by atoms with Crippen LogP contribution in [0.25, 0.3) is 0 Å². The van der Waals surface area contributed by atoms with Gasteiger partial charge in [0.25, 0.3) is 5.60 Å². The van der Waals surface area contributed by atoms with E-state index >= 15 is 0 Å². The van der Waals surface area contributed by atoms with Crippen molar-refractivity contribution in [1.29, 1.82) is 0 Å². The van der Waals surface area contributed by atoms with Crippen LogP contribution in [0, 0.1) is 11.8 Å². The number of carbonyl (C=O) groups is 1. The monoisotopic (exact) mass is 688 g/mol. The third-order valence-electron chi connectivity index (χ3n) is 10.1. The Labute approximate surface area is 278 Å². The van der Waals surface area contributed by atoms with Crippen molar-refractivity contribution < 1.29 is 46.1 Å². The van der Waals surface area contributed by atoms with E-state index in [9.17, 15) is 41.4 Å². The molecule has 260 valence electrons. The summed E-state index contributed by atoms with van der Waals surface area (Å²) in [6, 6.07) is 0. The second-order valence-electron chi connectivity index (χ2n) is 12.8. The van der Waals surface area contributed by atoms with Gasteiger partial charge in [0.1, 0.15) is 5.76 Å². The Bertz CT molecular complexity index is 1930. The number of aliphatic imine (C=N–C) groups is 3. The molecule has 0 spiro atoms. The standard InChI is InChI=1S/C35H34F6N4O4/c1-7-18-14(2)21-13-26-30(33(48,34(36,37)38)35(39,40)41)17(5)24(43-26)11-22-15(3)19(8-9-28(47)49-6)31(44-22)20-10-27(46)29-16(4)23(45-32(20)29)12-25(18)42-21/h11-13,15,19,44,46,48H,7-10H2,1-6H3/t15-,19-/m0/s1. The number of allylic oxidation sites excluding steroid dienone is 11. The van der Waals surface area contributed by atoms with Gasteiger partial charge in [-0.3, -0.25) is 4.79 Å². The first-order valence-electron chi connectivity index (χ1n) is 15.7. The average Bonchev–Trinajstić information content (AvgIpc) is 3.77. The number of carbonyl (C=O) groups excluding carboxylic acids is 1. The molecule has 8 bridgehead atoms. The van der Waals surface area contributed by atoms with E-state index in [2.05, 4.69) is 15.3 Å². The van der Waals surface area contributed by atoms with Crippen LogP contribution in [0.5, 0.6) is 0 Å². The molecule has 1 aliphatic carbocycles. The summed E-state index contributed by atoms with van der Waals surface area (Å²) in [7, 11) is 1.26. The Hall–Kier alpha value is -4.46. The van der Waals surface area contributed by atoms with Crippen LogP contribution in [0.3, 0.4) is 0 Å². The summed E-state index contributed by atoms with van der Waals surface area (Å²) in [5.41, 5.74) is -2.47. The molecule has 0 aromatic carbocycles. The first kappa shape index (κ1) is 34.4. The number of esters is 1. The number of alkyl halides is 6. The Morgan fingerprint density at radius 3 is 2.20 bits per heavy atom. The molecule has 0 unspecified atom stereocenters. The molecule has 3 N–H and O–H groups in total. The van der Waals surface area contributed by atoms with Crippen LogP contribution in [-0.2, 0) is 9.53 Å². The molecular weight excluding hydrogens is 654 g/mol. The second-order valence-corrected chi connectivity index (χ2v) is 12.8. The Morgan fingerprint density at radius 2 is 1.59 bits per heavy atom. The number of fused-ring (bicyclic) bond motifs is 5. The molecule has 1 fully saturated rings. The Morgan fingerprint density at radius 1 is 0.959 bits per heavy atom. The van der Waals surface area contributed by atoms with Crippen LogP contribution >= 0.6 is 0 Å². The Kier molecular flexibility index (Phi) is 8.12. The molecule has 1 saturated heterocycles. The maximum atomic E-state index is 14.4. The molecule has 6 aliphatic rings. The summed E-state index contributed by atoms with van der Waals surface area (Å²) < 4.78 is 91.2. The molecule has 5 aliphatic heterocycles. The molecule has 0 amide bonds. The third-order valence-corrected chi connectivity index (χ3v) is 10.1. The zero-order valence-corrected chi connectivity index (χ0v) is 27.5. The third kappa shape index (κ3) is 5.17. The lowest BCUT2D eigenvalue weighted by atomic mass is 9.85. The van der Waals surface area contributed by atoms with Crippen LogP contribution in [0.15, 0.2) is 106 Å². The summed E-state index contributed by atoms with van der Waals surface area (Å²) in [5, 5.41) is 25.1. The topological polar surface area (TPSA) is 116 Å². The average molecular weight is 689 g/mol. The maximum absolute atomic E-state index is 14.4. The molecule has 14 heteroatoms. The molecule has 0 saturated carbocycles. The van der Waals surface area contributed by atoms with Gasteiger partial charge in [-0.1, -0.05) is 13.8 Å². The predicted octanol–water partition coefficient (Wildman–Crippen LogP) is 7.47. The predicted molar refractivity (Wildman–Crippen MR) is 170 cm³/mol. The minimum Gasteiger partial charge on any atom is -0.511 e. The fourth-order valence-corrected chi connectivity index (χ4v) is 7.38. The maximum Gasteiger partial charge on any atom is 0.430 e. The normalized spacial score (nSPS) is 24.0. The van der Waals surface area contributed by atoms with Crippen molar-refractivity contribution >= 4 is 23.1 Å². The van der Waals surface area contributed by atoms with Gasteiger partial charge >= 0.3 is 18.3 Å². The van der Waals surface area contributed by atoms with E-state index < -0.39 is 52.6 Å². The first-order chi connectivity index (χ1) is 22.8. The van der Waals surface area contributed by atoms with Crippen molar-refractivity contribution in [1.82, 2.24) is 5.32 Å². The molecule has 0 aromatic heterocycles. The molecule has 0 radical (unpaired) electrons. The van der Waals surface area contributed by atoms with Crippen molar-refractivity contribution in [2.75, 3.05) is 7.11 Å². The number of ether oxygens (including phenoxy) is 1. The van der Waals surface area contributed by atoms with Crippen molar-refractivity contribution in [3.8, 4) is 0 Å². The lowest BCUT2D eigenvalue weighted by molar-refractivity contribution is -0.351. The van der Waals surface area contributed by atoms with Crippen LogP contribution in [0.2, 0.25) is 0 Å². The van der Waals surface area contributed by atoms with Crippen LogP contribution in [-0.4, -0.2) is 58.4 Å². The largest absolute Gasteiger partial charge is 0.511 e. The smallest absolute Gasteiger partial charge is 0.430 e.